The number of carbonyl (C=O) groups excluding carboxylic acids is 1. The number of halogens is 2. The molecular weight excluding hydrogens is 290 g/mol. The van der Waals surface area contributed by atoms with Crippen molar-refractivity contribution in [3.05, 3.63) is 47.8 Å². The van der Waals surface area contributed by atoms with Crippen LogP contribution in [0, 0.1) is 11.6 Å². The Morgan fingerprint density at radius 3 is 2.64 bits per heavy atom. The Morgan fingerprint density at radius 1 is 1.14 bits per heavy atom. The smallest absolute Gasteiger partial charge is 0.272 e. The van der Waals surface area contributed by atoms with Crippen LogP contribution in [0.25, 0.3) is 0 Å². The van der Waals surface area contributed by atoms with E-state index in [9.17, 15) is 13.6 Å². The first-order valence-electron chi connectivity index (χ1n) is 6.98. The number of hydrogen-bond acceptors (Lipinski definition) is 4. The lowest BCUT2D eigenvalue weighted by Crippen LogP contribution is -2.28. The van der Waals surface area contributed by atoms with Crippen LogP contribution in [-0.4, -0.2) is 33.9 Å². The minimum Gasteiger partial charge on any atom is -0.337 e. The molecule has 0 unspecified atom stereocenters. The Morgan fingerprint density at radius 2 is 1.91 bits per heavy atom. The van der Waals surface area contributed by atoms with E-state index in [4.69, 9.17) is 0 Å². The molecule has 1 fully saturated rings. The molecule has 0 bridgehead atoms. The zero-order valence-electron chi connectivity index (χ0n) is 11.7. The number of likely N-dealkylation sites (tertiary alicyclic amines) is 1. The fourth-order valence-corrected chi connectivity index (χ4v) is 2.32. The highest BCUT2D eigenvalue weighted by atomic mass is 19.2. The van der Waals surface area contributed by atoms with Crippen molar-refractivity contribution in [1.29, 1.82) is 0 Å². The Kier molecular flexibility index (Phi) is 3.95. The highest BCUT2D eigenvalue weighted by molar-refractivity contribution is 5.92. The number of nitrogens with zero attached hydrogens (tertiary/aromatic N) is 3. The summed E-state index contributed by atoms with van der Waals surface area (Å²) in [5, 5.41) is 2.76. The number of nitrogens with one attached hydrogen (secondary N) is 1. The number of rotatable bonds is 3. The predicted octanol–water partition coefficient (Wildman–Crippen LogP) is 2.73. The van der Waals surface area contributed by atoms with Gasteiger partial charge in [0.15, 0.2) is 11.6 Å². The molecule has 1 aliphatic heterocycles. The lowest BCUT2D eigenvalue weighted by molar-refractivity contribution is 0.0787. The Labute approximate surface area is 126 Å². The van der Waals surface area contributed by atoms with Gasteiger partial charge in [0.1, 0.15) is 5.69 Å². The molecule has 1 aliphatic rings. The number of carbonyl (C=O) groups is 1. The Hall–Kier alpha value is -2.57. The monoisotopic (exact) mass is 304 g/mol. The molecule has 3 rings (SSSR count). The minimum absolute atomic E-state index is 0.145. The van der Waals surface area contributed by atoms with Gasteiger partial charge < -0.3 is 10.2 Å². The van der Waals surface area contributed by atoms with Gasteiger partial charge in [0.2, 0.25) is 5.95 Å². The van der Waals surface area contributed by atoms with Crippen LogP contribution >= 0.6 is 0 Å². The number of hydrogen-bond donors (Lipinski definition) is 1. The average Bonchev–Trinajstić information content (AvgIpc) is 3.05. The fraction of sp³-hybridized carbons (Fsp3) is 0.267. The zero-order valence-corrected chi connectivity index (χ0v) is 11.7. The Bertz CT molecular complexity index is 702. The van der Waals surface area contributed by atoms with Gasteiger partial charge in [0.25, 0.3) is 5.91 Å². The summed E-state index contributed by atoms with van der Waals surface area (Å²) < 4.78 is 26.1. The average molecular weight is 304 g/mol. The quantitative estimate of drug-likeness (QED) is 0.947. The standard InChI is InChI=1S/C15H14F2N4O/c16-11-4-3-10(9-12(11)17)19-15-18-6-5-13(20-15)14(22)21-7-1-2-8-21/h3-6,9H,1-2,7-8H2,(H,18,19,20). The number of benzene rings is 1. The first-order valence-corrected chi connectivity index (χ1v) is 6.98. The van der Waals surface area contributed by atoms with Crippen molar-refractivity contribution in [2.75, 3.05) is 18.4 Å². The van der Waals surface area contributed by atoms with E-state index in [1.807, 2.05) is 0 Å². The van der Waals surface area contributed by atoms with Crippen LogP contribution in [0.5, 0.6) is 0 Å². The lowest BCUT2D eigenvalue weighted by atomic mass is 10.3. The highest BCUT2D eigenvalue weighted by Gasteiger charge is 2.20. The van der Waals surface area contributed by atoms with Crippen LogP contribution < -0.4 is 5.32 Å². The van der Waals surface area contributed by atoms with Gasteiger partial charge in [-0.1, -0.05) is 0 Å². The molecule has 0 saturated carbocycles. The molecule has 1 aromatic heterocycles. The molecule has 1 N–H and O–H groups in total. The van der Waals surface area contributed by atoms with E-state index < -0.39 is 11.6 Å². The fourth-order valence-electron chi connectivity index (χ4n) is 2.32. The third-order valence-electron chi connectivity index (χ3n) is 3.44. The van der Waals surface area contributed by atoms with E-state index in [0.717, 1.165) is 38.1 Å². The molecule has 1 amide bonds. The van der Waals surface area contributed by atoms with Crippen molar-refractivity contribution < 1.29 is 13.6 Å². The molecule has 0 radical (unpaired) electrons. The molecule has 2 heterocycles. The maximum absolute atomic E-state index is 13.2. The van der Waals surface area contributed by atoms with Gasteiger partial charge >= 0.3 is 0 Å². The van der Waals surface area contributed by atoms with Crippen LogP contribution in [0.15, 0.2) is 30.5 Å². The molecule has 1 saturated heterocycles. The molecule has 114 valence electrons. The summed E-state index contributed by atoms with van der Waals surface area (Å²) in [5.41, 5.74) is 0.589. The van der Waals surface area contributed by atoms with E-state index >= 15 is 0 Å². The zero-order chi connectivity index (χ0) is 15.5. The molecule has 7 heteroatoms. The van der Waals surface area contributed by atoms with Gasteiger partial charge in [0, 0.05) is 31.0 Å². The van der Waals surface area contributed by atoms with Gasteiger partial charge in [-0.25, -0.2) is 18.7 Å². The summed E-state index contributed by atoms with van der Waals surface area (Å²) in [5.74, 6) is -1.87. The van der Waals surface area contributed by atoms with Gasteiger partial charge in [-0.3, -0.25) is 4.79 Å². The molecule has 0 aliphatic carbocycles. The topological polar surface area (TPSA) is 58.1 Å². The number of anilines is 2. The van der Waals surface area contributed by atoms with Crippen molar-refractivity contribution in [2.45, 2.75) is 12.8 Å². The van der Waals surface area contributed by atoms with Crippen molar-refractivity contribution >= 4 is 17.5 Å². The van der Waals surface area contributed by atoms with Crippen LogP contribution in [0.3, 0.4) is 0 Å². The van der Waals surface area contributed by atoms with E-state index in [1.54, 1.807) is 4.90 Å². The summed E-state index contributed by atoms with van der Waals surface area (Å²) in [7, 11) is 0. The van der Waals surface area contributed by atoms with E-state index in [-0.39, 0.29) is 17.5 Å². The molecule has 1 aromatic carbocycles. The van der Waals surface area contributed by atoms with Crippen molar-refractivity contribution in [3.8, 4) is 0 Å². The summed E-state index contributed by atoms with van der Waals surface area (Å²) in [6.07, 6.45) is 3.45. The van der Waals surface area contributed by atoms with Crippen LogP contribution in [-0.2, 0) is 0 Å². The van der Waals surface area contributed by atoms with Gasteiger partial charge in [-0.05, 0) is 31.0 Å². The normalized spacial score (nSPS) is 14.2. The van der Waals surface area contributed by atoms with Crippen molar-refractivity contribution in [3.63, 3.8) is 0 Å². The molecule has 0 spiro atoms. The molecule has 0 atom stereocenters. The first-order chi connectivity index (χ1) is 10.6. The lowest BCUT2D eigenvalue weighted by Gasteiger charge is -2.14. The molecule has 22 heavy (non-hydrogen) atoms. The summed E-state index contributed by atoms with van der Waals surface area (Å²) in [6, 6.07) is 4.93. The SMILES string of the molecule is O=C(c1ccnc(Nc2ccc(F)c(F)c2)n1)N1CCCC1. The third-order valence-corrected chi connectivity index (χ3v) is 3.44. The van der Waals surface area contributed by atoms with E-state index in [0.29, 0.717) is 5.69 Å². The maximum Gasteiger partial charge on any atom is 0.272 e. The predicted molar refractivity (Wildman–Crippen MR) is 76.8 cm³/mol. The maximum atomic E-state index is 13.2. The second-order valence-electron chi connectivity index (χ2n) is 5.02. The molecule has 5 nitrogen and oxygen atoms in total. The minimum atomic E-state index is -0.964. The molecular formula is C15H14F2N4O. The van der Waals surface area contributed by atoms with Crippen molar-refractivity contribution in [1.82, 2.24) is 14.9 Å². The molecule has 2 aromatic rings. The van der Waals surface area contributed by atoms with Gasteiger partial charge in [0.05, 0.1) is 0 Å². The van der Waals surface area contributed by atoms with E-state index in [1.165, 1.54) is 18.3 Å². The van der Waals surface area contributed by atoms with Crippen molar-refractivity contribution in [2.24, 2.45) is 0 Å². The summed E-state index contributed by atoms with van der Waals surface area (Å²) in [6.45, 7) is 1.46. The summed E-state index contributed by atoms with van der Waals surface area (Å²) in [4.78, 5) is 22.1. The second kappa shape index (κ2) is 6.05. The van der Waals surface area contributed by atoms with Crippen LogP contribution in [0.2, 0.25) is 0 Å². The first kappa shape index (κ1) is 14.4. The van der Waals surface area contributed by atoms with Gasteiger partial charge in [-0.15, -0.1) is 0 Å². The third kappa shape index (κ3) is 3.03. The largest absolute Gasteiger partial charge is 0.337 e. The van der Waals surface area contributed by atoms with Gasteiger partial charge in [-0.2, -0.15) is 0 Å². The number of aromatic nitrogens is 2. The summed E-state index contributed by atoms with van der Waals surface area (Å²) >= 11 is 0. The van der Waals surface area contributed by atoms with E-state index in [2.05, 4.69) is 15.3 Å². The van der Waals surface area contributed by atoms with Crippen LogP contribution in [0.4, 0.5) is 20.4 Å². The number of amides is 1. The second-order valence-corrected chi connectivity index (χ2v) is 5.02. The van der Waals surface area contributed by atoms with Crippen LogP contribution in [0.1, 0.15) is 23.3 Å². The Balaban J connectivity index is 1.78. The highest BCUT2D eigenvalue weighted by Crippen LogP contribution is 2.17.